The van der Waals surface area contributed by atoms with Gasteiger partial charge in [-0.25, -0.2) is 0 Å². The van der Waals surface area contributed by atoms with E-state index in [4.69, 9.17) is 0 Å². The summed E-state index contributed by atoms with van der Waals surface area (Å²) in [4.78, 5) is 14.4. The SMILES string of the molecule is CC(C)C(Br)C(=O)N(CC1CC1)C1CC1. The lowest BCUT2D eigenvalue weighted by Crippen LogP contribution is -2.41. The number of halogens is 1. The van der Waals surface area contributed by atoms with Gasteiger partial charge in [-0.3, -0.25) is 4.79 Å². The first kappa shape index (κ1) is 11.4. The molecule has 2 aliphatic rings. The molecule has 0 heterocycles. The maximum Gasteiger partial charge on any atom is 0.236 e. The molecule has 0 radical (unpaired) electrons. The Kier molecular flexibility index (Phi) is 3.39. The van der Waals surface area contributed by atoms with Crippen molar-refractivity contribution in [1.82, 2.24) is 4.90 Å². The lowest BCUT2D eigenvalue weighted by molar-refractivity contribution is -0.132. The molecule has 2 saturated carbocycles. The van der Waals surface area contributed by atoms with Gasteiger partial charge in [0.05, 0.1) is 4.83 Å². The number of nitrogens with zero attached hydrogens (tertiary/aromatic N) is 1. The minimum atomic E-state index is 0.0110. The summed E-state index contributed by atoms with van der Waals surface area (Å²) in [5, 5.41) is 0. The van der Waals surface area contributed by atoms with Gasteiger partial charge in [0.15, 0.2) is 0 Å². The second kappa shape index (κ2) is 4.44. The maximum absolute atomic E-state index is 12.2. The third-order valence-corrected chi connectivity index (χ3v) is 4.69. The van der Waals surface area contributed by atoms with Crippen LogP contribution in [0.5, 0.6) is 0 Å². The average Bonchev–Trinajstić information content (AvgIpc) is 3.00. The van der Waals surface area contributed by atoms with Crippen molar-refractivity contribution in [2.24, 2.45) is 11.8 Å². The van der Waals surface area contributed by atoms with Crippen molar-refractivity contribution in [3.8, 4) is 0 Å². The van der Waals surface area contributed by atoms with Crippen molar-refractivity contribution in [2.45, 2.75) is 50.4 Å². The largest absolute Gasteiger partial charge is 0.338 e. The molecule has 0 saturated heterocycles. The second-order valence-electron chi connectivity index (χ2n) is 5.31. The molecular weight excluding hydrogens is 254 g/mol. The fourth-order valence-electron chi connectivity index (χ4n) is 1.83. The number of hydrogen-bond acceptors (Lipinski definition) is 1. The van der Waals surface area contributed by atoms with Crippen LogP contribution in [0.2, 0.25) is 0 Å². The standard InChI is InChI=1S/C12H20BrNO/c1-8(2)11(13)12(15)14(10-5-6-10)7-9-3-4-9/h8-11H,3-7H2,1-2H3. The minimum absolute atomic E-state index is 0.0110. The van der Waals surface area contributed by atoms with Gasteiger partial charge in [0.2, 0.25) is 5.91 Å². The molecule has 3 heteroatoms. The van der Waals surface area contributed by atoms with E-state index in [0.717, 1.165) is 12.5 Å². The van der Waals surface area contributed by atoms with E-state index < -0.39 is 0 Å². The molecule has 2 nitrogen and oxygen atoms in total. The van der Waals surface area contributed by atoms with E-state index in [9.17, 15) is 4.79 Å². The highest BCUT2D eigenvalue weighted by Gasteiger charge is 2.38. The second-order valence-corrected chi connectivity index (χ2v) is 6.30. The van der Waals surface area contributed by atoms with Crippen LogP contribution in [0.4, 0.5) is 0 Å². The Hall–Kier alpha value is -0.0500. The molecule has 0 bridgehead atoms. The molecule has 0 aliphatic heterocycles. The molecule has 86 valence electrons. The molecule has 1 unspecified atom stereocenters. The lowest BCUT2D eigenvalue weighted by atomic mass is 10.1. The van der Waals surface area contributed by atoms with Crippen LogP contribution in [-0.4, -0.2) is 28.2 Å². The van der Waals surface area contributed by atoms with Crippen molar-refractivity contribution in [3.63, 3.8) is 0 Å². The van der Waals surface area contributed by atoms with Gasteiger partial charge in [0.1, 0.15) is 0 Å². The zero-order valence-electron chi connectivity index (χ0n) is 9.58. The Labute approximate surface area is 101 Å². The third-order valence-electron chi connectivity index (χ3n) is 3.24. The van der Waals surface area contributed by atoms with Gasteiger partial charge in [-0.1, -0.05) is 29.8 Å². The number of hydrogen-bond donors (Lipinski definition) is 0. The summed E-state index contributed by atoms with van der Waals surface area (Å²) < 4.78 is 0. The molecule has 2 aliphatic carbocycles. The van der Waals surface area contributed by atoms with Crippen LogP contribution in [-0.2, 0) is 4.79 Å². The van der Waals surface area contributed by atoms with Gasteiger partial charge >= 0.3 is 0 Å². The summed E-state index contributed by atoms with van der Waals surface area (Å²) in [5.74, 6) is 1.51. The first-order valence-electron chi connectivity index (χ1n) is 6.04. The summed E-state index contributed by atoms with van der Waals surface area (Å²) >= 11 is 3.52. The Morgan fingerprint density at radius 3 is 2.33 bits per heavy atom. The maximum atomic E-state index is 12.2. The van der Waals surface area contributed by atoms with Crippen molar-refractivity contribution in [1.29, 1.82) is 0 Å². The van der Waals surface area contributed by atoms with E-state index in [0.29, 0.717) is 17.9 Å². The Morgan fingerprint density at radius 1 is 1.33 bits per heavy atom. The molecule has 1 atom stereocenters. The number of alkyl halides is 1. The van der Waals surface area contributed by atoms with E-state index in [1.54, 1.807) is 0 Å². The van der Waals surface area contributed by atoms with Crippen LogP contribution in [0.1, 0.15) is 39.5 Å². The molecule has 0 N–H and O–H groups in total. The van der Waals surface area contributed by atoms with Crippen molar-refractivity contribution in [3.05, 3.63) is 0 Å². The van der Waals surface area contributed by atoms with Crippen LogP contribution in [0.15, 0.2) is 0 Å². The van der Waals surface area contributed by atoms with Crippen LogP contribution in [0.25, 0.3) is 0 Å². The smallest absolute Gasteiger partial charge is 0.236 e. The van der Waals surface area contributed by atoms with Gasteiger partial charge < -0.3 is 4.90 Å². The highest BCUT2D eigenvalue weighted by atomic mass is 79.9. The monoisotopic (exact) mass is 273 g/mol. The molecule has 0 spiro atoms. The lowest BCUT2D eigenvalue weighted by Gasteiger charge is -2.26. The van der Waals surface area contributed by atoms with Gasteiger partial charge in [0.25, 0.3) is 0 Å². The summed E-state index contributed by atoms with van der Waals surface area (Å²) in [6, 6.07) is 0.567. The third kappa shape index (κ3) is 2.96. The molecule has 0 aromatic heterocycles. The molecule has 2 fully saturated rings. The number of carbonyl (C=O) groups excluding carboxylic acids is 1. The van der Waals surface area contributed by atoms with E-state index in [1.165, 1.54) is 25.7 Å². The number of amides is 1. The summed E-state index contributed by atoms with van der Waals surface area (Å²) in [5.41, 5.74) is 0. The van der Waals surface area contributed by atoms with Gasteiger partial charge in [-0.15, -0.1) is 0 Å². The predicted octanol–water partition coefficient (Wildman–Crippen LogP) is 2.81. The van der Waals surface area contributed by atoms with Crippen LogP contribution in [0, 0.1) is 11.8 Å². The zero-order chi connectivity index (χ0) is 11.0. The van der Waals surface area contributed by atoms with Crippen LogP contribution in [0.3, 0.4) is 0 Å². The zero-order valence-corrected chi connectivity index (χ0v) is 11.2. The summed E-state index contributed by atoms with van der Waals surface area (Å²) in [6.07, 6.45) is 5.09. The molecule has 15 heavy (non-hydrogen) atoms. The summed E-state index contributed by atoms with van der Waals surface area (Å²) in [7, 11) is 0. The molecule has 2 rings (SSSR count). The molecule has 0 aromatic rings. The van der Waals surface area contributed by atoms with E-state index in [-0.39, 0.29) is 4.83 Å². The Morgan fingerprint density at radius 2 is 1.93 bits per heavy atom. The van der Waals surface area contributed by atoms with Crippen LogP contribution >= 0.6 is 15.9 Å². The van der Waals surface area contributed by atoms with Crippen molar-refractivity contribution >= 4 is 21.8 Å². The van der Waals surface area contributed by atoms with Gasteiger partial charge in [-0.2, -0.15) is 0 Å². The van der Waals surface area contributed by atoms with E-state index in [2.05, 4.69) is 34.7 Å². The Balaban J connectivity index is 1.93. The van der Waals surface area contributed by atoms with E-state index in [1.807, 2.05) is 0 Å². The highest BCUT2D eigenvalue weighted by molar-refractivity contribution is 9.10. The number of carbonyl (C=O) groups is 1. The average molecular weight is 274 g/mol. The minimum Gasteiger partial charge on any atom is -0.338 e. The normalized spacial score (nSPS) is 22.9. The van der Waals surface area contributed by atoms with Crippen LogP contribution < -0.4 is 0 Å². The molecule has 0 aromatic carbocycles. The number of rotatable bonds is 5. The Bertz CT molecular complexity index is 246. The molecular formula is C12H20BrNO. The first-order valence-corrected chi connectivity index (χ1v) is 6.95. The summed E-state index contributed by atoms with van der Waals surface area (Å²) in [6.45, 7) is 5.21. The highest BCUT2D eigenvalue weighted by Crippen LogP contribution is 2.36. The predicted molar refractivity (Wildman–Crippen MR) is 65.0 cm³/mol. The fourth-order valence-corrected chi connectivity index (χ4v) is 2.09. The molecule has 1 amide bonds. The van der Waals surface area contributed by atoms with Crippen molar-refractivity contribution in [2.75, 3.05) is 6.54 Å². The fraction of sp³-hybridized carbons (Fsp3) is 0.917. The van der Waals surface area contributed by atoms with Crippen molar-refractivity contribution < 1.29 is 4.79 Å². The van der Waals surface area contributed by atoms with Gasteiger partial charge in [-0.05, 0) is 37.5 Å². The quantitative estimate of drug-likeness (QED) is 0.706. The first-order chi connectivity index (χ1) is 7.09. The topological polar surface area (TPSA) is 20.3 Å². The van der Waals surface area contributed by atoms with E-state index >= 15 is 0 Å². The van der Waals surface area contributed by atoms with Gasteiger partial charge in [0, 0.05) is 12.6 Å².